The summed E-state index contributed by atoms with van der Waals surface area (Å²) in [4.78, 5) is 12.4. The van der Waals surface area contributed by atoms with Gasteiger partial charge in [0.1, 0.15) is 5.75 Å². The van der Waals surface area contributed by atoms with E-state index in [-0.39, 0.29) is 11.7 Å². The highest BCUT2D eigenvalue weighted by molar-refractivity contribution is 7.99. The maximum atomic E-state index is 12.4. The van der Waals surface area contributed by atoms with Gasteiger partial charge in [0.15, 0.2) is 22.2 Å². The maximum absolute atomic E-state index is 12.4. The lowest BCUT2D eigenvalue weighted by atomic mass is 10.2. The van der Waals surface area contributed by atoms with Crippen LogP contribution in [0.4, 0.5) is 5.69 Å². The monoisotopic (exact) mass is 438 g/mol. The summed E-state index contributed by atoms with van der Waals surface area (Å²) >= 11 is 1.31. The van der Waals surface area contributed by atoms with Crippen molar-refractivity contribution in [1.29, 1.82) is 0 Å². The minimum atomic E-state index is -0.157. The Morgan fingerprint density at radius 3 is 2.65 bits per heavy atom. The molecule has 2 heterocycles. The number of carbonyl (C=O) groups is 1. The number of methoxy groups -OCH3 is 2. The summed E-state index contributed by atoms with van der Waals surface area (Å²) in [5.74, 6) is 2.50. The molecule has 0 unspecified atom stereocenters. The molecule has 8 nitrogen and oxygen atoms in total. The number of thioether (sulfide) groups is 1. The Hall–Kier alpha value is -3.46. The first-order valence-corrected chi connectivity index (χ1v) is 10.7. The summed E-state index contributed by atoms with van der Waals surface area (Å²) in [6.45, 7) is 2.63. The zero-order chi connectivity index (χ0) is 21.8. The lowest BCUT2D eigenvalue weighted by Gasteiger charge is -2.10. The summed E-state index contributed by atoms with van der Waals surface area (Å²) in [5.41, 5.74) is 1.29. The fourth-order valence-corrected chi connectivity index (χ4v) is 4.04. The maximum Gasteiger partial charge on any atom is 0.234 e. The summed E-state index contributed by atoms with van der Waals surface area (Å²) in [6, 6.07) is 14.9. The molecule has 2 aromatic heterocycles. The average molecular weight is 439 g/mol. The van der Waals surface area contributed by atoms with Gasteiger partial charge in [-0.1, -0.05) is 36.0 Å². The number of hydrogen-bond acceptors (Lipinski definition) is 7. The molecule has 9 heteroatoms. The molecule has 0 bridgehead atoms. The molecule has 0 atom stereocenters. The number of nitrogens with one attached hydrogen (secondary N) is 1. The summed E-state index contributed by atoms with van der Waals surface area (Å²) < 4.78 is 18.6. The topological polar surface area (TPSA) is 91.4 Å². The molecule has 31 heavy (non-hydrogen) atoms. The molecule has 0 spiro atoms. The fourth-order valence-electron chi connectivity index (χ4n) is 3.23. The highest BCUT2D eigenvalue weighted by Gasteiger charge is 2.19. The molecule has 4 aromatic rings. The van der Waals surface area contributed by atoms with Gasteiger partial charge in [-0.2, -0.15) is 0 Å². The SMILES string of the molecule is CCn1c(SCC(=O)Nc2ccccc2OC)nnc1-c1cc2cccc(OC)c2o1. The Labute approximate surface area is 183 Å². The number of ether oxygens (including phenoxy) is 2. The van der Waals surface area contributed by atoms with Crippen LogP contribution in [-0.4, -0.2) is 40.6 Å². The number of furan rings is 1. The van der Waals surface area contributed by atoms with Crippen molar-refractivity contribution in [3.8, 4) is 23.1 Å². The van der Waals surface area contributed by atoms with Crippen molar-refractivity contribution in [3.63, 3.8) is 0 Å². The molecule has 0 aliphatic rings. The number of para-hydroxylation sites is 3. The van der Waals surface area contributed by atoms with Crippen molar-refractivity contribution < 1.29 is 18.7 Å². The van der Waals surface area contributed by atoms with E-state index in [1.165, 1.54) is 11.8 Å². The van der Waals surface area contributed by atoms with Crippen LogP contribution in [0.3, 0.4) is 0 Å². The highest BCUT2D eigenvalue weighted by Crippen LogP contribution is 2.34. The van der Waals surface area contributed by atoms with Gasteiger partial charge in [0.05, 0.1) is 25.7 Å². The molecule has 160 valence electrons. The van der Waals surface area contributed by atoms with Crippen molar-refractivity contribution in [2.75, 3.05) is 25.3 Å². The van der Waals surface area contributed by atoms with E-state index < -0.39 is 0 Å². The van der Waals surface area contributed by atoms with E-state index in [1.54, 1.807) is 26.4 Å². The molecule has 1 amide bonds. The van der Waals surface area contributed by atoms with E-state index in [2.05, 4.69) is 15.5 Å². The number of amides is 1. The Bertz CT molecular complexity index is 1220. The second kappa shape index (κ2) is 9.13. The number of aromatic nitrogens is 3. The number of fused-ring (bicyclic) bond motifs is 1. The molecule has 0 saturated heterocycles. The summed E-state index contributed by atoms with van der Waals surface area (Å²) in [6.07, 6.45) is 0. The Balaban J connectivity index is 1.52. The third-order valence-electron chi connectivity index (χ3n) is 4.69. The number of hydrogen-bond donors (Lipinski definition) is 1. The Kier molecular flexibility index (Phi) is 6.13. The van der Waals surface area contributed by atoms with Crippen LogP contribution in [0.25, 0.3) is 22.6 Å². The van der Waals surface area contributed by atoms with Crippen LogP contribution < -0.4 is 14.8 Å². The van der Waals surface area contributed by atoms with Gasteiger partial charge in [-0.3, -0.25) is 9.36 Å². The van der Waals surface area contributed by atoms with Crippen LogP contribution in [-0.2, 0) is 11.3 Å². The number of benzene rings is 2. The average Bonchev–Trinajstić information content (AvgIpc) is 3.41. The molecular weight excluding hydrogens is 416 g/mol. The number of nitrogens with zero attached hydrogens (tertiary/aromatic N) is 3. The zero-order valence-corrected chi connectivity index (χ0v) is 18.2. The Morgan fingerprint density at radius 2 is 1.87 bits per heavy atom. The van der Waals surface area contributed by atoms with E-state index >= 15 is 0 Å². The van der Waals surface area contributed by atoms with Crippen molar-refractivity contribution >= 4 is 34.3 Å². The Morgan fingerprint density at radius 1 is 1.10 bits per heavy atom. The quantitative estimate of drug-likeness (QED) is 0.406. The normalized spacial score (nSPS) is 10.9. The molecule has 0 saturated carbocycles. The van der Waals surface area contributed by atoms with Gasteiger partial charge in [-0.05, 0) is 31.2 Å². The number of carbonyl (C=O) groups excluding carboxylic acids is 1. The predicted octanol–water partition coefficient (Wildman–Crippen LogP) is 4.46. The van der Waals surface area contributed by atoms with Crippen molar-refractivity contribution in [2.24, 2.45) is 0 Å². The van der Waals surface area contributed by atoms with Crippen LogP contribution in [0.5, 0.6) is 11.5 Å². The lowest BCUT2D eigenvalue weighted by Crippen LogP contribution is -2.15. The molecule has 4 rings (SSSR count). The van der Waals surface area contributed by atoms with E-state index in [0.717, 1.165) is 5.39 Å². The standard InChI is InChI=1S/C22H22N4O4S/c1-4-26-21(18-12-14-8-7-11-17(29-3)20(14)30-18)24-25-22(26)31-13-19(27)23-15-9-5-6-10-16(15)28-2/h5-12H,4,13H2,1-3H3,(H,23,27). The number of anilines is 1. The van der Waals surface area contributed by atoms with Gasteiger partial charge in [-0.15, -0.1) is 10.2 Å². The molecule has 0 radical (unpaired) electrons. The van der Waals surface area contributed by atoms with Crippen LogP contribution in [0.2, 0.25) is 0 Å². The van der Waals surface area contributed by atoms with Crippen molar-refractivity contribution in [2.45, 2.75) is 18.6 Å². The molecule has 0 aliphatic heterocycles. The zero-order valence-electron chi connectivity index (χ0n) is 17.4. The molecule has 0 fully saturated rings. The third kappa shape index (κ3) is 4.22. The van der Waals surface area contributed by atoms with Crippen molar-refractivity contribution in [1.82, 2.24) is 14.8 Å². The van der Waals surface area contributed by atoms with Gasteiger partial charge < -0.3 is 19.2 Å². The van der Waals surface area contributed by atoms with E-state index in [9.17, 15) is 4.79 Å². The van der Waals surface area contributed by atoms with Crippen LogP contribution in [0.15, 0.2) is 58.1 Å². The lowest BCUT2D eigenvalue weighted by molar-refractivity contribution is -0.113. The van der Waals surface area contributed by atoms with Gasteiger partial charge in [0.2, 0.25) is 11.7 Å². The van der Waals surface area contributed by atoms with Gasteiger partial charge in [0, 0.05) is 11.9 Å². The van der Waals surface area contributed by atoms with Gasteiger partial charge in [0.25, 0.3) is 0 Å². The van der Waals surface area contributed by atoms with Crippen LogP contribution in [0.1, 0.15) is 6.92 Å². The van der Waals surface area contributed by atoms with Gasteiger partial charge in [-0.25, -0.2) is 0 Å². The van der Waals surface area contributed by atoms with Crippen molar-refractivity contribution in [3.05, 3.63) is 48.5 Å². The fraction of sp³-hybridized carbons (Fsp3) is 0.227. The smallest absolute Gasteiger partial charge is 0.234 e. The minimum Gasteiger partial charge on any atom is -0.495 e. The molecule has 0 aliphatic carbocycles. The number of rotatable bonds is 8. The molecule has 1 N–H and O–H groups in total. The minimum absolute atomic E-state index is 0.157. The van der Waals surface area contributed by atoms with E-state index in [1.807, 2.05) is 47.9 Å². The second-order valence-electron chi connectivity index (χ2n) is 6.58. The van der Waals surface area contributed by atoms with E-state index in [4.69, 9.17) is 13.9 Å². The third-order valence-corrected chi connectivity index (χ3v) is 5.66. The predicted molar refractivity (Wildman–Crippen MR) is 120 cm³/mol. The molecular formula is C22H22N4O4S. The first kappa shape index (κ1) is 20.8. The summed E-state index contributed by atoms with van der Waals surface area (Å²) in [7, 11) is 3.18. The highest BCUT2D eigenvalue weighted by atomic mass is 32.2. The van der Waals surface area contributed by atoms with Crippen LogP contribution in [0, 0.1) is 0 Å². The second-order valence-corrected chi connectivity index (χ2v) is 7.52. The first-order chi connectivity index (χ1) is 15.1. The first-order valence-electron chi connectivity index (χ1n) is 9.70. The van der Waals surface area contributed by atoms with Gasteiger partial charge >= 0.3 is 0 Å². The molecule has 2 aromatic carbocycles. The van der Waals surface area contributed by atoms with E-state index in [0.29, 0.717) is 46.1 Å². The largest absolute Gasteiger partial charge is 0.495 e. The van der Waals surface area contributed by atoms with Crippen LogP contribution >= 0.6 is 11.8 Å². The summed E-state index contributed by atoms with van der Waals surface area (Å²) in [5, 5.41) is 13.0.